The number of carbonyl (C=O) groups excluding carboxylic acids is 1. The van der Waals surface area contributed by atoms with Gasteiger partial charge in [-0.05, 0) is 60.7 Å². The number of anilines is 1. The van der Waals surface area contributed by atoms with Crippen LogP contribution < -0.4 is 5.32 Å². The molecule has 1 N–H and O–H groups in total. The van der Waals surface area contributed by atoms with Crippen LogP contribution in [0.4, 0.5) is 14.9 Å². The third-order valence-corrected chi connectivity index (χ3v) is 5.10. The Balaban J connectivity index is 1.79. The highest BCUT2D eigenvalue weighted by Crippen LogP contribution is 2.21. The average molecular weight is 408 g/mol. The van der Waals surface area contributed by atoms with Crippen molar-refractivity contribution in [3.63, 3.8) is 0 Å². The molecule has 5 heteroatoms. The first-order valence-electron chi connectivity index (χ1n) is 10.3. The Bertz CT molecular complexity index is 989. The maximum atomic E-state index is 13.6. The van der Waals surface area contributed by atoms with Crippen LogP contribution in [0.15, 0.2) is 60.8 Å². The van der Waals surface area contributed by atoms with Crippen molar-refractivity contribution in [1.82, 2.24) is 9.47 Å². The molecule has 1 aromatic heterocycles. The average Bonchev–Trinajstić information content (AvgIpc) is 3.10. The molecule has 4 nitrogen and oxygen atoms in total. The predicted molar refractivity (Wildman–Crippen MR) is 120 cm³/mol. The smallest absolute Gasteiger partial charge is 0.322 e. The van der Waals surface area contributed by atoms with Gasteiger partial charge in [-0.3, -0.25) is 0 Å². The molecule has 0 unspecified atom stereocenters. The lowest BCUT2D eigenvalue weighted by Gasteiger charge is -2.26. The fourth-order valence-electron chi connectivity index (χ4n) is 3.63. The standard InChI is InChI=1S/C25H30FN3O/c1-18(2)15-29(25(30)27-24-19(3)8-5-9-20(24)4)17-23-12-7-13-28(23)16-21-10-6-11-22(26)14-21/h5-14,18H,15-17H2,1-4H3,(H,27,30). The van der Waals surface area contributed by atoms with E-state index in [9.17, 15) is 9.18 Å². The van der Waals surface area contributed by atoms with Gasteiger partial charge in [0.15, 0.2) is 0 Å². The minimum Gasteiger partial charge on any atom is -0.345 e. The fourth-order valence-corrected chi connectivity index (χ4v) is 3.63. The van der Waals surface area contributed by atoms with Gasteiger partial charge in [0.2, 0.25) is 0 Å². The van der Waals surface area contributed by atoms with Crippen LogP contribution >= 0.6 is 0 Å². The Kier molecular flexibility index (Phi) is 6.93. The molecule has 2 aromatic carbocycles. The van der Waals surface area contributed by atoms with Crippen molar-refractivity contribution in [2.75, 3.05) is 11.9 Å². The topological polar surface area (TPSA) is 37.3 Å². The summed E-state index contributed by atoms with van der Waals surface area (Å²) in [5.41, 5.74) is 4.86. The number of nitrogens with zero attached hydrogens (tertiary/aromatic N) is 2. The first kappa shape index (κ1) is 21.6. The van der Waals surface area contributed by atoms with Crippen molar-refractivity contribution >= 4 is 11.7 Å². The molecule has 0 bridgehead atoms. The number of rotatable bonds is 7. The third-order valence-electron chi connectivity index (χ3n) is 5.10. The zero-order valence-electron chi connectivity index (χ0n) is 18.2. The van der Waals surface area contributed by atoms with Gasteiger partial charge >= 0.3 is 6.03 Å². The molecule has 158 valence electrons. The Hall–Kier alpha value is -3.08. The molecule has 30 heavy (non-hydrogen) atoms. The molecule has 2 amide bonds. The second-order valence-corrected chi connectivity index (χ2v) is 8.23. The van der Waals surface area contributed by atoms with Gasteiger partial charge in [0.1, 0.15) is 5.82 Å². The van der Waals surface area contributed by atoms with Gasteiger partial charge in [0.25, 0.3) is 0 Å². The highest BCUT2D eigenvalue weighted by Gasteiger charge is 2.18. The molecule has 0 saturated carbocycles. The van der Waals surface area contributed by atoms with E-state index in [2.05, 4.69) is 23.7 Å². The van der Waals surface area contributed by atoms with Crippen molar-refractivity contribution in [1.29, 1.82) is 0 Å². The molecule has 0 radical (unpaired) electrons. The molecule has 0 atom stereocenters. The van der Waals surface area contributed by atoms with Crippen LogP contribution in [-0.2, 0) is 13.1 Å². The van der Waals surface area contributed by atoms with E-state index in [4.69, 9.17) is 0 Å². The van der Waals surface area contributed by atoms with E-state index in [1.165, 1.54) is 6.07 Å². The number of aromatic nitrogens is 1. The summed E-state index contributed by atoms with van der Waals surface area (Å²) in [6.07, 6.45) is 1.97. The quantitative estimate of drug-likeness (QED) is 0.514. The molecule has 1 heterocycles. The second-order valence-electron chi connectivity index (χ2n) is 8.23. The van der Waals surface area contributed by atoms with Gasteiger partial charge in [-0.25, -0.2) is 9.18 Å². The molecular weight excluding hydrogens is 377 g/mol. The molecule has 0 saturated heterocycles. The largest absolute Gasteiger partial charge is 0.345 e. The van der Waals surface area contributed by atoms with Crippen molar-refractivity contribution < 1.29 is 9.18 Å². The summed E-state index contributed by atoms with van der Waals surface area (Å²) in [6.45, 7) is 9.89. The van der Waals surface area contributed by atoms with Gasteiger partial charge in [-0.15, -0.1) is 0 Å². The lowest BCUT2D eigenvalue weighted by Crippen LogP contribution is -2.38. The van der Waals surface area contributed by atoms with Crippen LogP contribution in [-0.4, -0.2) is 22.0 Å². The van der Waals surface area contributed by atoms with Crippen LogP contribution in [0.2, 0.25) is 0 Å². The normalized spacial score (nSPS) is 11.0. The third kappa shape index (κ3) is 5.50. The van der Waals surface area contributed by atoms with Crippen molar-refractivity contribution in [3.05, 3.63) is 89.0 Å². The number of para-hydroxylation sites is 1. The number of urea groups is 1. The van der Waals surface area contributed by atoms with E-state index >= 15 is 0 Å². The van der Waals surface area contributed by atoms with Gasteiger partial charge in [-0.2, -0.15) is 0 Å². The first-order chi connectivity index (χ1) is 14.3. The monoisotopic (exact) mass is 407 g/mol. The fraction of sp³-hybridized carbons (Fsp3) is 0.320. The second kappa shape index (κ2) is 9.61. The summed E-state index contributed by atoms with van der Waals surface area (Å²) >= 11 is 0. The zero-order chi connectivity index (χ0) is 21.7. The first-order valence-corrected chi connectivity index (χ1v) is 10.3. The van der Waals surface area contributed by atoms with Crippen molar-refractivity contribution in [3.8, 4) is 0 Å². The van der Waals surface area contributed by atoms with Gasteiger partial charge < -0.3 is 14.8 Å². The number of hydrogen-bond donors (Lipinski definition) is 1. The van der Waals surface area contributed by atoms with Crippen LogP contribution in [0.1, 0.15) is 36.2 Å². The van der Waals surface area contributed by atoms with Crippen molar-refractivity contribution in [2.24, 2.45) is 5.92 Å². The molecule has 0 fully saturated rings. The molecule has 3 aromatic rings. The Morgan fingerprint density at radius 3 is 2.43 bits per heavy atom. The number of aryl methyl sites for hydroxylation is 2. The van der Waals surface area contributed by atoms with Crippen LogP contribution in [0.5, 0.6) is 0 Å². The SMILES string of the molecule is Cc1cccc(C)c1NC(=O)N(Cc1cccn1Cc1cccc(F)c1)CC(C)C. The molecular formula is C25H30FN3O. The van der Waals surface area contributed by atoms with Gasteiger partial charge in [0, 0.05) is 30.7 Å². The van der Waals surface area contributed by atoms with Gasteiger partial charge in [0.05, 0.1) is 6.54 Å². The number of nitrogens with one attached hydrogen (secondary N) is 1. The molecule has 0 aliphatic carbocycles. The van der Waals surface area contributed by atoms with Crippen LogP contribution in [0, 0.1) is 25.6 Å². The van der Waals surface area contributed by atoms with Crippen LogP contribution in [0.3, 0.4) is 0 Å². The minimum atomic E-state index is -0.240. The highest BCUT2D eigenvalue weighted by molar-refractivity contribution is 5.91. The van der Waals surface area contributed by atoms with E-state index in [1.807, 2.05) is 61.3 Å². The Morgan fingerprint density at radius 2 is 1.77 bits per heavy atom. The number of benzene rings is 2. The predicted octanol–water partition coefficient (Wildman–Crippen LogP) is 5.98. The summed E-state index contributed by atoms with van der Waals surface area (Å²) in [4.78, 5) is 15.0. The summed E-state index contributed by atoms with van der Waals surface area (Å²) < 4.78 is 15.6. The van der Waals surface area contributed by atoms with E-state index in [1.54, 1.807) is 12.1 Å². The highest BCUT2D eigenvalue weighted by atomic mass is 19.1. The number of halogens is 1. The number of amides is 2. The number of carbonyl (C=O) groups is 1. The maximum absolute atomic E-state index is 13.6. The summed E-state index contributed by atoms with van der Waals surface area (Å²) in [5.74, 6) is 0.0935. The lowest BCUT2D eigenvalue weighted by molar-refractivity contribution is 0.200. The maximum Gasteiger partial charge on any atom is 0.322 e. The molecule has 0 aliphatic rings. The number of hydrogen-bond acceptors (Lipinski definition) is 1. The Morgan fingerprint density at radius 1 is 1.07 bits per heavy atom. The zero-order valence-corrected chi connectivity index (χ0v) is 18.2. The van der Waals surface area contributed by atoms with E-state index in [-0.39, 0.29) is 11.8 Å². The summed E-state index contributed by atoms with van der Waals surface area (Å²) in [5, 5.41) is 3.10. The van der Waals surface area contributed by atoms with Crippen LogP contribution in [0.25, 0.3) is 0 Å². The van der Waals surface area contributed by atoms with E-state index in [0.29, 0.717) is 25.6 Å². The minimum absolute atomic E-state index is 0.111. The summed E-state index contributed by atoms with van der Waals surface area (Å²) in [7, 11) is 0. The summed E-state index contributed by atoms with van der Waals surface area (Å²) in [6, 6.07) is 16.5. The lowest BCUT2D eigenvalue weighted by atomic mass is 10.1. The van der Waals surface area contributed by atoms with E-state index < -0.39 is 0 Å². The van der Waals surface area contributed by atoms with E-state index in [0.717, 1.165) is 28.1 Å². The van der Waals surface area contributed by atoms with Crippen molar-refractivity contribution in [2.45, 2.75) is 40.8 Å². The molecule has 0 aliphatic heterocycles. The Labute approximate surface area is 178 Å². The molecule has 0 spiro atoms. The van der Waals surface area contributed by atoms with Gasteiger partial charge in [-0.1, -0.05) is 44.2 Å². The molecule has 3 rings (SSSR count).